The summed E-state index contributed by atoms with van der Waals surface area (Å²) in [5.41, 5.74) is 2.82. The minimum atomic E-state index is -0.0802. The molecule has 5 heteroatoms. The third kappa shape index (κ3) is 5.30. The Kier molecular flexibility index (Phi) is 6.98. The molecule has 1 atom stereocenters. The van der Waals surface area contributed by atoms with E-state index >= 15 is 0 Å². The molecule has 0 aliphatic carbocycles. The van der Waals surface area contributed by atoms with Crippen LogP contribution in [0.1, 0.15) is 50.4 Å². The SMILES string of the molecule is CCC(CNC(=O)c1ccc(CNC(=O)c2cccs2)cc1)c1ccccc1. The van der Waals surface area contributed by atoms with Gasteiger partial charge in [-0.1, -0.05) is 55.5 Å². The molecule has 144 valence electrons. The third-order valence-corrected chi connectivity index (χ3v) is 5.56. The van der Waals surface area contributed by atoms with E-state index in [4.69, 9.17) is 0 Å². The van der Waals surface area contributed by atoms with E-state index in [0.717, 1.165) is 12.0 Å². The van der Waals surface area contributed by atoms with Crippen LogP contribution >= 0.6 is 11.3 Å². The number of hydrogen-bond acceptors (Lipinski definition) is 3. The van der Waals surface area contributed by atoms with Gasteiger partial charge in [0.25, 0.3) is 11.8 Å². The molecule has 3 rings (SSSR count). The molecular weight excluding hydrogens is 368 g/mol. The first-order valence-corrected chi connectivity index (χ1v) is 10.3. The predicted octanol–water partition coefficient (Wildman–Crippen LogP) is 4.60. The molecule has 2 N–H and O–H groups in total. The van der Waals surface area contributed by atoms with Crippen LogP contribution in [-0.2, 0) is 6.54 Å². The highest BCUT2D eigenvalue weighted by atomic mass is 32.1. The van der Waals surface area contributed by atoms with Gasteiger partial charge in [-0.25, -0.2) is 0 Å². The first kappa shape index (κ1) is 19.8. The van der Waals surface area contributed by atoms with E-state index in [1.807, 2.05) is 41.8 Å². The normalized spacial score (nSPS) is 11.6. The van der Waals surface area contributed by atoms with Gasteiger partial charge in [0.2, 0.25) is 0 Å². The Labute approximate surface area is 169 Å². The smallest absolute Gasteiger partial charge is 0.261 e. The molecule has 0 radical (unpaired) electrons. The maximum atomic E-state index is 12.4. The van der Waals surface area contributed by atoms with E-state index < -0.39 is 0 Å². The van der Waals surface area contributed by atoms with E-state index in [1.54, 1.807) is 18.2 Å². The molecule has 2 aromatic carbocycles. The van der Waals surface area contributed by atoms with E-state index in [2.05, 4.69) is 29.7 Å². The highest BCUT2D eigenvalue weighted by molar-refractivity contribution is 7.12. The fourth-order valence-electron chi connectivity index (χ4n) is 2.99. The van der Waals surface area contributed by atoms with Crippen LogP contribution in [0, 0.1) is 0 Å². The Balaban J connectivity index is 1.51. The van der Waals surface area contributed by atoms with Crippen molar-refractivity contribution in [3.05, 3.63) is 93.7 Å². The molecule has 0 fully saturated rings. The Morgan fingerprint density at radius 1 is 0.893 bits per heavy atom. The van der Waals surface area contributed by atoms with Crippen molar-refractivity contribution in [3.8, 4) is 0 Å². The summed E-state index contributed by atoms with van der Waals surface area (Å²) in [4.78, 5) is 25.1. The van der Waals surface area contributed by atoms with Crippen LogP contribution in [0.5, 0.6) is 0 Å². The number of amides is 2. The van der Waals surface area contributed by atoms with Crippen LogP contribution in [0.25, 0.3) is 0 Å². The van der Waals surface area contributed by atoms with Crippen molar-refractivity contribution in [2.75, 3.05) is 6.54 Å². The summed E-state index contributed by atoms with van der Waals surface area (Å²) < 4.78 is 0. The number of thiophene rings is 1. The summed E-state index contributed by atoms with van der Waals surface area (Å²) in [5, 5.41) is 7.79. The number of carbonyl (C=O) groups excluding carboxylic acids is 2. The highest BCUT2D eigenvalue weighted by Gasteiger charge is 2.12. The van der Waals surface area contributed by atoms with Crippen molar-refractivity contribution >= 4 is 23.2 Å². The van der Waals surface area contributed by atoms with Crippen LogP contribution in [0.3, 0.4) is 0 Å². The van der Waals surface area contributed by atoms with Crippen LogP contribution in [0.15, 0.2) is 72.1 Å². The molecule has 0 bridgehead atoms. The van der Waals surface area contributed by atoms with Crippen LogP contribution in [0.4, 0.5) is 0 Å². The lowest BCUT2D eigenvalue weighted by molar-refractivity contribution is 0.0943. The molecule has 0 aliphatic heterocycles. The highest BCUT2D eigenvalue weighted by Crippen LogP contribution is 2.18. The van der Waals surface area contributed by atoms with Gasteiger partial charge >= 0.3 is 0 Å². The molecule has 1 unspecified atom stereocenters. The maximum Gasteiger partial charge on any atom is 0.261 e. The summed E-state index contributed by atoms with van der Waals surface area (Å²) >= 11 is 1.42. The summed E-state index contributed by atoms with van der Waals surface area (Å²) in [6.45, 7) is 3.17. The Morgan fingerprint density at radius 2 is 1.64 bits per heavy atom. The first-order valence-electron chi connectivity index (χ1n) is 9.41. The summed E-state index contributed by atoms with van der Waals surface area (Å²) in [6, 6.07) is 21.2. The van der Waals surface area contributed by atoms with E-state index in [0.29, 0.717) is 29.4 Å². The van der Waals surface area contributed by atoms with Crippen LogP contribution in [0.2, 0.25) is 0 Å². The van der Waals surface area contributed by atoms with Crippen molar-refractivity contribution in [2.24, 2.45) is 0 Å². The lowest BCUT2D eigenvalue weighted by atomic mass is 9.96. The van der Waals surface area contributed by atoms with Crippen molar-refractivity contribution in [2.45, 2.75) is 25.8 Å². The standard InChI is InChI=1S/C23H24N2O2S/c1-2-18(19-7-4-3-5-8-19)16-25-22(26)20-12-10-17(11-13-20)15-24-23(27)21-9-6-14-28-21/h3-14,18H,2,15-16H2,1H3,(H,24,27)(H,25,26). The summed E-state index contributed by atoms with van der Waals surface area (Å²) in [7, 11) is 0. The lowest BCUT2D eigenvalue weighted by Gasteiger charge is -2.16. The van der Waals surface area contributed by atoms with E-state index in [-0.39, 0.29) is 11.8 Å². The molecule has 1 aromatic heterocycles. The number of hydrogen-bond donors (Lipinski definition) is 2. The molecule has 0 saturated heterocycles. The Hall–Kier alpha value is -2.92. The summed E-state index contributed by atoms with van der Waals surface area (Å²) in [6.07, 6.45) is 0.965. The van der Waals surface area contributed by atoms with Gasteiger partial charge in [-0.15, -0.1) is 11.3 Å². The van der Waals surface area contributed by atoms with Gasteiger partial charge < -0.3 is 10.6 Å². The Bertz CT molecular complexity index is 890. The van der Waals surface area contributed by atoms with Crippen molar-refractivity contribution in [1.29, 1.82) is 0 Å². The molecule has 0 aliphatic rings. The summed E-state index contributed by atoms with van der Waals surface area (Å²) in [5.74, 6) is 0.142. The second-order valence-corrected chi connectivity index (χ2v) is 7.53. The molecule has 28 heavy (non-hydrogen) atoms. The number of carbonyl (C=O) groups is 2. The lowest BCUT2D eigenvalue weighted by Crippen LogP contribution is -2.28. The fraction of sp³-hybridized carbons (Fsp3) is 0.217. The molecule has 3 aromatic rings. The average molecular weight is 393 g/mol. The van der Waals surface area contributed by atoms with Gasteiger partial charge in [-0.2, -0.15) is 0 Å². The van der Waals surface area contributed by atoms with E-state index in [1.165, 1.54) is 16.9 Å². The van der Waals surface area contributed by atoms with Gasteiger partial charge in [-0.3, -0.25) is 9.59 Å². The second kappa shape index (κ2) is 9.85. The number of benzene rings is 2. The van der Waals surface area contributed by atoms with E-state index in [9.17, 15) is 9.59 Å². The molecule has 4 nitrogen and oxygen atoms in total. The van der Waals surface area contributed by atoms with Crippen LogP contribution < -0.4 is 10.6 Å². The molecular formula is C23H24N2O2S. The second-order valence-electron chi connectivity index (χ2n) is 6.58. The fourth-order valence-corrected chi connectivity index (χ4v) is 3.63. The largest absolute Gasteiger partial charge is 0.351 e. The number of rotatable bonds is 8. The van der Waals surface area contributed by atoms with Crippen molar-refractivity contribution < 1.29 is 9.59 Å². The zero-order valence-electron chi connectivity index (χ0n) is 15.9. The van der Waals surface area contributed by atoms with Crippen molar-refractivity contribution in [3.63, 3.8) is 0 Å². The third-order valence-electron chi connectivity index (χ3n) is 4.69. The van der Waals surface area contributed by atoms with Gasteiger partial charge in [0.05, 0.1) is 4.88 Å². The monoisotopic (exact) mass is 392 g/mol. The molecule has 0 saturated carbocycles. The van der Waals surface area contributed by atoms with Gasteiger partial charge in [0.1, 0.15) is 0 Å². The molecule has 0 spiro atoms. The first-order chi connectivity index (χ1) is 13.7. The van der Waals surface area contributed by atoms with Gasteiger partial charge in [0, 0.05) is 24.6 Å². The van der Waals surface area contributed by atoms with Crippen LogP contribution in [-0.4, -0.2) is 18.4 Å². The average Bonchev–Trinajstić information content (AvgIpc) is 3.28. The maximum absolute atomic E-state index is 12.4. The molecule has 2 amide bonds. The van der Waals surface area contributed by atoms with Gasteiger partial charge in [0.15, 0.2) is 0 Å². The topological polar surface area (TPSA) is 58.2 Å². The minimum absolute atomic E-state index is 0.0800. The molecule has 1 heterocycles. The minimum Gasteiger partial charge on any atom is -0.351 e. The quantitative estimate of drug-likeness (QED) is 0.588. The zero-order valence-corrected chi connectivity index (χ0v) is 16.7. The number of nitrogens with one attached hydrogen (secondary N) is 2. The predicted molar refractivity (Wildman–Crippen MR) is 114 cm³/mol. The van der Waals surface area contributed by atoms with Crippen molar-refractivity contribution in [1.82, 2.24) is 10.6 Å². The zero-order chi connectivity index (χ0) is 19.8. The van der Waals surface area contributed by atoms with Gasteiger partial charge in [-0.05, 0) is 41.1 Å². The Morgan fingerprint density at radius 3 is 2.29 bits per heavy atom.